The summed E-state index contributed by atoms with van der Waals surface area (Å²) in [5.41, 5.74) is 1.88. The van der Waals surface area contributed by atoms with Crippen molar-refractivity contribution in [2.24, 2.45) is 5.92 Å². The van der Waals surface area contributed by atoms with Gasteiger partial charge < -0.3 is 4.74 Å². The summed E-state index contributed by atoms with van der Waals surface area (Å²) in [6.45, 7) is 11.7. The molecule has 0 spiro atoms. The van der Waals surface area contributed by atoms with Crippen LogP contribution in [0.3, 0.4) is 0 Å². The second-order valence-electron chi connectivity index (χ2n) is 7.41. The molecule has 4 heteroatoms. The van der Waals surface area contributed by atoms with E-state index in [1.807, 2.05) is 33.8 Å². The summed E-state index contributed by atoms with van der Waals surface area (Å²) in [5.74, 6) is 0.101. The summed E-state index contributed by atoms with van der Waals surface area (Å²) >= 11 is 0. The monoisotopic (exact) mass is 319 g/mol. The first-order valence-electron chi connectivity index (χ1n) is 8.18. The van der Waals surface area contributed by atoms with Crippen LogP contribution >= 0.6 is 0 Å². The van der Waals surface area contributed by atoms with Crippen LogP contribution in [0, 0.1) is 11.7 Å². The standard InChI is InChI=1S/C19H26FNO2/c1-7-16-11-14-10-15(20)9-13(8-12(2)3)17(14)21(16)18(22)23-19(4,5)6/h9-12H,7-8H2,1-6H3. The minimum Gasteiger partial charge on any atom is -0.443 e. The third kappa shape index (κ3) is 3.92. The van der Waals surface area contributed by atoms with Gasteiger partial charge in [0.2, 0.25) is 0 Å². The normalized spacial score (nSPS) is 12.2. The average molecular weight is 319 g/mol. The molecule has 1 aromatic carbocycles. The van der Waals surface area contributed by atoms with Gasteiger partial charge in [-0.15, -0.1) is 0 Å². The Labute approximate surface area is 137 Å². The van der Waals surface area contributed by atoms with Crippen LogP contribution in [0.2, 0.25) is 0 Å². The molecule has 0 radical (unpaired) electrons. The fourth-order valence-electron chi connectivity index (χ4n) is 2.82. The van der Waals surface area contributed by atoms with Gasteiger partial charge >= 0.3 is 6.09 Å². The summed E-state index contributed by atoms with van der Waals surface area (Å²) < 4.78 is 21.1. The van der Waals surface area contributed by atoms with Gasteiger partial charge in [0.1, 0.15) is 11.4 Å². The molecule has 0 aliphatic heterocycles. The Morgan fingerprint density at radius 3 is 2.43 bits per heavy atom. The molecule has 1 heterocycles. The number of rotatable bonds is 3. The number of fused-ring (bicyclic) bond motifs is 1. The lowest BCUT2D eigenvalue weighted by atomic mass is 10.0. The number of carbonyl (C=O) groups is 1. The van der Waals surface area contributed by atoms with Crippen molar-refractivity contribution in [3.63, 3.8) is 0 Å². The van der Waals surface area contributed by atoms with Crippen molar-refractivity contribution in [1.29, 1.82) is 0 Å². The minimum absolute atomic E-state index is 0.267. The Kier molecular flexibility index (Phi) is 4.83. The van der Waals surface area contributed by atoms with Crippen molar-refractivity contribution in [3.05, 3.63) is 35.3 Å². The van der Waals surface area contributed by atoms with Crippen molar-refractivity contribution >= 4 is 17.0 Å². The molecule has 2 rings (SSSR count). The molecule has 0 N–H and O–H groups in total. The van der Waals surface area contributed by atoms with E-state index < -0.39 is 11.7 Å². The number of aryl methyl sites for hydroxylation is 1. The highest BCUT2D eigenvalue weighted by atomic mass is 19.1. The van der Waals surface area contributed by atoms with Crippen molar-refractivity contribution in [3.8, 4) is 0 Å². The van der Waals surface area contributed by atoms with E-state index in [4.69, 9.17) is 4.74 Å². The molecule has 0 bridgehead atoms. The lowest BCUT2D eigenvalue weighted by molar-refractivity contribution is 0.0540. The molecule has 0 saturated heterocycles. The van der Waals surface area contributed by atoms with Gasteiger partial charge in [0.15, 0.2) is 0 Å². The number of ether oxygens (including phenoxy) is 1. The maximum Gasteiger partial charge on any atom is 0.419 e. The van der Waals surface area contributed by atoms with E-state index in [1.54, 1.807) is 4.57 Å². The zero-order valence-electron chi connectivity index (χ0n) is 14.9. The van der Waals surface area contributed by atoms with Gasteiger partial charge in [-0.05, 0) is 63.3 Å². The molecule has 0 aliphatic carbocycles. The van der Waals surface area contributed by atoms with Crippen molar-refractivity contribution in [2.45, 2.75) is 60.0 Å². The first-order chi connectivity index (χ1) is 10.6. The van der Waals surface area contributed by atoms with Gasteiger partial charge in [-0.25, -0.2) is 13.8 Å². The predicted octanol–water partition coefficient (Wildman–Crippen LogP) is 5.32. The molecular formula is C19H26FNO2. The summed E-state index contributed by atoms with van der Waals surface area (Å²) in [6, 6.07) is 4.90. The number of benzene rings is 1. The van der Waals surface area contributed by atoms with Crippen LogP contribution < -0.4 is 0 Å². The number of halogens is 1. The van der Waals surface area contributed by atoms with Crippen LogP contribution in [-0.2, 0) is 17.6 Å². The Bertz CT molecular complexity index is 723. The predicted molar refractivity (Wildman–Crippen MR) is 91.4 cm³/mol. The topological polar surface area (TPSA) is 31.2 Å². The Morgan fingerprint density at radius 1 is 1.26 bits per heavy atom. The Balaban J connectivity index is 2.68. The number of hydrogen-bond donors (Lipinski definition) is 0. The molecular weight excluding hydrogens is 293 g/mol. The summed E-state index contributed by atoms with van der Waals surface area (Å²) in [6.07, 6.45) is 0.988. The molecule has 0 unspecified atom stereocenters. The van der Waals surface area contributed by atoms with Gasteiger partial charge in [-0.3, -0.25) is 0 Å². The molecule has 1 aromatic heterocycles. The second kappa shape index (κ2) is 6.34. The molecule has 0 fully saturated rings. The highest BCUT2D eigenvalue weighted by molar-refractivity contribution is 5.93. The average Bonchev–Trinajstić information content (AvgIpc) is 2.74. The third-order valence-corrected chi connectivity index (χ3v) is 3.58. The fourth-order valence-corrected chi connectivity index (χ4v) is 2.82. The first kappa shape index (κ1) is 17.5. The van der Waals surface area contributed by atoms with Crippen molar-refractivity contribution in [2.75, 3.05) is 0 Å². The number of aromatic nitrogens is 1. The van der Waals surface area contributed by atoms with Crippen molar-refractivity contribution in [1.82, 2.24) is 4.57 Å². The van der Waals surface area contributed by atoms with Gasteiger partial charge in [-0.1, -0.05) is 20.8 Å². The summed E-state index contributed by atoms with van der Waals surface area (Å²) in [5, 5.41) is 0.753. The molecule has 23 heavy (non-hydrogen) atoms. The lowest BCUT2D eigenvalue weighted by Crippen LogP contribution is -2.28. The van der Waals surface area contributed by atoms with Crippen LogP contribution in [0.4, 0.5) is 9.18 Å². The third-order valence-electron chi connectivity index (χ3n) is 3.58. The number of nitrogens with zero attached hydrogens (tertiary/aromatic N) is 1. The van der Waals surface area contributed by atoms with Crippen LogP contribution in [0.15, 0.2) is 18.2 Å². The van der Waals surface area contributed by atoms with E-state index in [0.717, 1.165) is 22.2 Å². The SMILES string of the molecule is CCc1cc2cc(F)cc(CC(C)C)c2n1C(=O)OC(C)(C)C. The smallest absolute Gasteiger partial charge is 0.419 e. The molecule has 2 aromatic rings. The van der Waals surface area contributed by atoms with Gasteiger partial charge in [0, 0.05) is 11.1 Å². The highest BCUT2D eigenvalue weighted by Crippen LogP contribution is 2.28. The lowest BCUT2D eigenvalue weighted by Gasteiger charge is -2.21. The fraction of sp³-hybridized carbons (Fsp3) is 0.526. The van der Waals surface area contributed by atoms with Gasteiger partial charge in [0.25, 0.3) is 0 Å². The van der Waals surface area contributed by atoms with E-state index in [-0.39, 0.29) is 5.82 Å². The first-order valence-corrected chi connectivity index (χ1v) is 8.18. The quantitative estimate of drug-likeness (QED) is 0.766. The maximum absolute atomic E-state index is 13.9. The minimum atomic E-state index is -0.572. The maximum atomic E-state index is 13.9. The van der Waals surface area contributed by atoms with Crippen molar-refractivity contribution < 1.29 is 13.9 Å². The number of hydrogen-bond acceptors (Lipinski definition) is 2. The summed E-state index contributed by atoms with van der Waals surface area (Å²) in [7, 11) is 0. The van der Waals surface area contributed by atoms with E-state index >= 15 is 0 Å². The Morgan fingerprint density at radius 2 is 1.91 bits per heavy atom. The van der Waals surface area contributed by atoms with Crippen LogP contribution in [0.25, 0.3) is 10.9 Å². The van der Waals surface area contributed by atoms with Crippen LogP contribution in [0.1, 0.15) is 52.8 Å². The second-order valence-corrected chi connectivity index (χ2v) is 7.41. The zero-order valence-corrected chi connectivity index (χ0v) is 14.9. The van der Waals surface area contributed by atoms with Crippen LogP contribution in [-0.4, -0.2) is 16.3 Å². The molecule has 126 valence electrons. The molecule has 0 atom stereocenters. The zero-order chi connectivity index (χ0) is 17.4. The van der Waals surface area contributed by atoms with E-state index in [2.05, 4.69) is 13.8 Å². The van der Waals surface area contributed by atoms with Gasteiger partial charge in [-0.2, -0.15) is 0 Å². The molecule has 3 nitrogen and oxygen atoms in total. The van der Waals surface area contributed by atoms with E-state index in [9.17, 15) is 9.18 Å². The van der Waals surface area contributed by atoms with Gasteiger partial charge in [0.05, 0.1) is 5.52 Å². The van der Waals surface area contributed by atoms with Crippen LogP contribution in [0.5, 0.6) is 0 Å². The Hall–Kier alpha value is -1.84. The van der Waals surface area contributed by atoms with E-state index in [1.165, 1.54) is 12.1 Å². The largest absolute Gasteiger partial charge is 0.443 e. The molecule has 0 amide bonds. The van der Waals surface area contributed by atoms with E-state index in [0.29, 0.717) is 18.8 Å². The molecule has 0 saturated carbocycles. The number of carbonyl (C=O) groups excluding carboxylic acids is 1. The highest BCUT2D eigenvalue weighted by Gasteiger charge is 2.23. The summed E-state index contributed by atoms with van der Waals surface area (Å²) in [4.78, 5) is 12.7. The molecule has 0 aliphatic rings.